The van der Waals surface area contributed by atoms with Crippen LogP contribution in [0.25, 0.3) is 0 Å². The molecule has 4 atom stereocenters. The zero-order chi connectivity index (χ0) is 13.0. The summed E-state index contributed by atoms with van der Waals surface area (Å²) in [6, 6.07) is 0. The van der Waals surface area contributed by atoms with Crippen LogP contribution in [0.15, 0.2) is 0 Å². The highest BCUT2D eigenvalue weighted by Gasteiger charge is 2.44. The van der Waals surface area contributed by atoms with Crippen molar-refractivity contribution in [2.24, 2.45) is 0 Å². The number of halogens is 1. The van der Waals surface area contributed by atoms with Crippen molar-refractivity contribution < 1.29 is 23.5 Å². The summed E-state index contributed by atoms with van der Waals surface area (Å²) < 4.78 is 24.1. The monoisotopic (exact) mass is 246 g/mol. The van der Waals surface area contributed by atoms with E-state index < -0.39 is 24.3 Å². The van der Waals surface area contributed by atoms with Crippen molar-refractivity contribution in [3.8, 4) is 0 Å². The fraction of sp³-hybridized carbons (Fsp3) is 0.833. The van der Waals surface area contributed by atoms with Crippen LogP contribution < -0.4 is 0 Å². The first kappa shape index (κ1) is 14.1. The number of esters is 1. The lowest BCUT2D eigenvalue weighted by Crippen LogP contribution is -2.33. The van der Waals surface area contributed by atoms with E-state index in [1.807, 2.05) is 6.92 Å². The summed E-state index contributed by atoms with van der Waals surface area (Å²) in [4.78, 5) is 22.1. The minimum atomic E-state index is -1.29. The smallest absolute Gasteiger partial charge is 0.306 e. The van der Waals surface area contributed by atoms with Crippen LogP contribution in [-0.4, -0.2) is 36.2 Å². The molecular weight excluding hydrogens is 227 g/mol. The maximum absolute atomic E-state index is 13.7. The third-order valence-electron chi connectivity index (χ3n) is 2.87. The van der Waals surface area contributed by atoms with Crippen LogP contribution in [0.1, 0.15) is 40.0 Å². The van der Waals surface area contributed by atoms with Crippen LogP contribution in [0.4, 0.5) is 4.39 Å². The lowest BCUT2D eigenvalue weighted by Gasteiger charge is -2.18. The summed E-state index contributed by atoms with van der Waals surface area (Å²) in [7, 11) is 0. The molecule has 98 valence electrons. The van der Waals surface area contributed by atoms with Crippen molar-refractivity contribution in [3.05, 3.63) is 0 Å². The molecule has 0 amide bonds. The Hall–Kier alpha value is -0.970. The number of hydrogen-bond acceptors (Lipinski definition) is 4. The van der Waals surface area contributed by atoms with Gasteiger partial charge in [0.05, 0.1) is 18.6 Å². The Bertz CT molecular complexity index is 292. The largest absolute Gasteiger partial charge is 0.456 e. The predicted molar refractivity (Wildman–Crippen MR) is 59.3 cm³/mol. The van der Waals surface area contributed by atoms with Gasteiger partial charge in [-0.15, -0.1) is 0 Å². The van der Waals surface area contributed by atoms with E-state index in [0.29, 0.717) is 6.42 Å². The minimum Gasteiger partial charge on any atom is -0.456 e. The van der Waals surface area contributed by atoms with Gasteiger partial charge in [-0.2, -0.15) is 0 Å². The molecule has 0 spiro atoms. The van der Waals surface area contributed by atoms with Crippen molar-refractivity contribution in [1.29, 1.82) is 0 Å². The third-order valence-corrected chi connectivity index (χ3v) is 2.87. The van der Waals surface area contributed by atoms with Gasteiger partial charge in [-0.25, -0.2) is 4.39 Å². The first-order chi connectivity index (χ1) is 7.95. The average molecular weight is 246 g/mol. The number of hydrogen-bond donors (Lipinski definition) is 0. The fourth-order valence-electron chi connectivity index (χ4n) is 1.86. The summed E-state index contributed by atoms with van der Waals surface area (Å²) in [6.07, 6.45) is -2.34. The van der Waals surface area contributed by atoms with E-state index in [2.05, 4.69) is 0 Å². The van der Waals surface area contributed by atoms with Gasteiger partial charge in [0.15, 0.2) is 12.3 Å². The predicted octanol–water partition coefficient (Wildman–Crippen LogP) is 1.80. The zero-order valence-electron chi connectivity index (χ0n) is 10.4. The van der Waals surface area contributed by atoms with E-state index in [0.717, 1.165) is 0 Å². The molecule has 0 aromatic heterocycles. The van der Waals surface area contributed by atoms with Gasteiger partial charge in [0.25, 0.3) is 0 Å². The van der Waals surface area contributed by atoms with Gasteiger partial charge in [-0.3, -0.25) is 4.79 Å². The van der Waals surface area contributed by atoms with Crippen LogP contribution in [0.2, 0.25) is 0 Å². The maximum atomic E-state index is 13.7. The molecule has 0 aromatic rings. The van der Waals surface area contributed by atoms with Crippen molar-refractivity contribution in [3.63, 3.8) is 0 Å². The summed E-state index contributed by atoms with van der Waals surface area (Å²) >= 11 is 0. The van der Waals surface area contributed by atoms with Crippen molar-refractivity contribution in [2.45, 2.75) is 64.5 Å². The SMILES string of the molecule is CC[C@H]1O[C@@H](C)C(F)C1OC(=O)CCC(C)=O. The quantitative estimate of drug-likeness (QED) is 0.694. The molecule has 0 aliphatic carbocycles. The second-order valence-electron chi connectivity index (χ2n) is 4.39. The normalized spacial score (nSPS) is 32.5. The molecule has 17 heavy (non-hydrogen) atoms. The van der Waals surface area contributed by atoms with Gasteiger partial charge in [-0.1, -0.05) is 6.92 Å². The Morgan fingerprint density at radius 2 is 2.00 bits per heavy atom. The molecule has 0 saturated carbocycles. The Morgan fingerprint density at radius 1 is 1.35 bits per heavy atom. The lowest BCUT2D eigenvalue weighted by atomic mass is 10.1. The molecule has 0 aromatic carbocycles. The zero-order valence-corrected chi connectivity index (χ0v) is 10.4. The summed E-state index contributed by atoms with van der Waals surface area (Å²) in [6.45, 7) is 4.88. The number of rotatable bonds is 5. The van der Waals surface area contributed by atoms with E-state index >= 15 is 0 Å². The number of ether oxygens (including phenoxy) is 2. The summed E-state index contributed by atoms with van der Waals surface area (Å²) in [5.74, 6) is -0.620. The fourth-order valence-corrected chi connectivity index (χ4v) is 1.86. The molecule has 2 unspecified atom stereocenters. The van der Waals surface area contributed by atoms with Crippen LogP contribution >= 0.6 is 0 Å². The molecular formula is C12H19FO4. The summed E-state index contributed by atoms with van der Waals surface area (Å²) in [5, 5.41) is 0. The van der Waals surface area contributed by atoms with Crippen molar-refractivity contribution in [1.82, 2.24) is 0 Å². The molecule has 1 aliphatic rings. The Balaban J connectivity index is 2.48. The summed E-state index contributed by atoms with van der Waals surface area (Å²) in [5.41, 5.74) is 0. The number of carbonyl (C=O) groups excluding carboxylic acids is 2. The highest BCUT2D eigenvalue weighted by atomic mass is 19.1. The van der Waals surface area contributed by atoms with Crippen molar-refractivity contribution in [2.75, 3.05) is 0 Å². The molecule has 0 bridgehead atoms. The highest BCUT2D eigenvalue weighted by molar-refractivity contribution is 5.81. The second-order valence-corrected chi connectivity index (χ2v) is 4.39. The van der Waals surface area contributed by atoms with E-state index in [4.69, 9.17) is 9.47 Å². The molecule has 5 heteroatoms. The van der Waals surface area contributed by atoms with Crippen LogP contribution in [-0.2, 0) is 19.1 Å². The highest BCUT2D eigenvalue weighted by Crippen LogP contribution is 2.28. The standard InChI is InChI=1S/C12H19FO4/c1-4-9-12(11(13)8(3)16-9)17-10(15)6-5-7(2)14/h8-9,11-12H,4-6H2,1-3H3/t8-,9+,11?,12?/m0/s1. The topological polar surface area (TPSA) is 52.6 Å². The molecule has 0 radical (unpaired) electrons. The maximum Gasteiger partial charge on any atom is 0.306 e. The van der Waals surface area contributed by atoms with E-state index in [-0.39, 0.29) is 24.7 Å². The molecule has 0 N–H and O–H groups in total. The lowest BCUT2D eigenvalue weighted by molar-refractivity contribution is -0.154. The van der Waals surface area contributed by atoms with E-state index in [1.165, 1.54) is 6.92 Å². The average Bonchev–Trinajstić information content (AvgIpc) is 2.54. The van der Waals surface area contributed by atoms with Gasteiger partial charge in [0.2, 0.25) is 0 Å². The molecule has 1 saturated heterocycles. The van der Waals surface area contributed by atoms with Gasteiger partial charge in [0.1, 0.15) is 5.78 Å². The Morgan fingerprint density at radius 3 is 2.53 bits per heavy atom. The molecule has 1 aliphatic heterocycles. The van der Waals surface area contributed by atoms with Crippen LogP contribution in [0.3, 0.4) is 0 Å². The van der Waals surface area contributed by atoms with Gasteiger partial charge < -0.3 is 14.3 Å². The number of carbonyl (C=O) groups is 2. The number of ketones is 1. The molecule has 4 nitrogen and oxygen atoms in total. The van der Waals surface area contributed by atoms with Crippen molar-refractivity contribution >= 4 is 11.8 Å². The Labute approximate surface area is 100 Å². The van der Waals surface area contributed by atoms with Crippen LogP contribution in [0.5, 0.6) is 0 Å². The minimum absolute atomic E-state index is 0.00334. The first-order valence-corrected chi connectivity index (χ1v) is 5.94. The van der Waals surface area contributed by atoms with Gasteiger partial charge in [-0.05, 0) is 20.3 Å². The van der Waals surface area contributed by atoms with Gasteiger partial charge >= 0.3 is 5.97 Å². The Kier molecular flexibility index (Phi) is 5.05. The first-order valence-electron chi connectivity index (χ1n) is 5.94. The number of alkyl halides is 1. The molecule has 1 heterocycles. The van der Waals surface area contributed by atoms with Gasteiger partial charge in [0, 0.05) is 6.42 Å². The second kappa shape index (κ2) is 6.10. The molecule has 1 fully saturated rings. The molecule has 1 rings (SSSR count). The third kappa shape index (κ3) is 3.77. The van der Waals surface area contributed by atoms with Crippen LogP contribution in [0, 0.1) is 0 Å². The number of Topliss-reactive ketones (excluding diaryl/α,β-unsaturated/α-hetero) is 1. The van der Waals surface area contributed by atoms with E-state index in [1.54, 1.807) is 6.92 Å². The van der Waals surface area contributed by atoms with E-state index in [9.17, 15) is 14.0 Å².